The summed E-state index contributed by atoms with van der Waals surface area (Å²) in [5.41, 5.74) is -0.274. The van der Waals surface area contributed by atoms with E-state index in [2.05, 4.69) is 29.1 Å². The van der Waals surface area contributed by atoms with Crippen molar-refractivity contribution in [2.75, 3.05) is 25.1 Å². The van der Waals surface area contributed by atoms with E-state index >= 15 is 0 Å². The average Bonchev–Trinajstić information content (AvgIpc) is 3.72. The number of benzene rings is 2. The van der Waals surface area contributed by atoms with Gasteiger partial charge in [0.1, 0.15) is 17.7 Å². The molecule has 2 aromatic carbocycles. The molecule has 1 spiro atoms. The van der Waals surface area contributed by atoms with Crippen molar-refractivity contribution in [3.05, 3.63) is 90.5 Å². The van der Waals surface area contributed by atoms with Crippen molar-refractivity contribution in [3.8, 4) is 0 Å². The summed E-state index contributed by atoms with van der Waals surface area (Å²) in [6.45, 7) is 10.9. The third-order valence-electron chi connectivity index (χ3n) is 10.4. The number of rotatable bonds is 15. The quantitative estimate of drug-likeness (QED) is 0.145. The molecule has 0 saturated carbocycles. The molecule has 3 aliphatic rings. The van der Waals surface area contributed by atoms with Gasteiger partial charge in [0.05, 0.1) is 47.3 Å². The van der Waals surface area contributed by atoms with Crippen LogP contribution in [0.25, 0.3) is 0 Å². The SMILES string of the molecule is C=CCCC(=O)N(C)[C@@H](C)[C@@H](OC(=O)[C@@H]1[C@H]2O[C@@]3(CC2Br)[C@H](C(=O)N(CC=C)c2ccccc2Cl)N([C@@H](CC)CO)C(=O)[C@@H]13)c1ccccc1. The summed E-state index contributed by atoms with van der Waals surface area (Å²) in [5, 5.41) is 10.8. The van der Waals surface area contributed by atoms with Crippen LogP contribution in [0.4, 0.5) is 5.69 Å². The smallest absolute Gasteiger partial charge is 0.313 e. The molecule has 2 aromatic rings. The highest BCUT2D eigenvalue weighted by atomic mass is 79.9. The average molecular weight is 771 g/mol. The molecule has 3 fully saturated rings. The van der Waals surface area contributed by atoms with Crippen LogP contribution < -0.4 is 4.90 Å². The van der Waals surface area contributed by atoms with Gasteiger partial charge in [0.15, 0.2) is 0 Å². The summed E-state index contributed by atoms with van der Waals surface area (Å²) in [5.74, 6) is -3.81. The Balaban J connectivity index is 1.55. The second-order valence-electron chi connectivity index (χ2n) is 13.2. The fourth-order valence-corrected chi connectivity index (χ4v) is 8.98. The fraction of sp³-hybridized carbons (Fsp3) is 0.474. The van der Waals surface area contributed by atoms with E-state index < -0.39 is 72.2 Å². The highest BCUT2D eigenvalue weighted by molar-refractivity contribution is 9.09. The van der Waals surface area contributed by atoms with E-state index in [1.807, 2.05) is 44.2 Å². The number of para-hydroxylation sites is 1. The Morgan fingerprint density at radius 2 is 1.84 bits per heavy atom. The lowest BCUT2D eigenvalue weighted by Crippen LogP contribution is -2.59. The van der Waals surface area contributed by atoms with Gasteiger partial charge in [-0.05, 0) is 43.9 Å². The van der Waals surface area contributed by atoms with Gasteiger partial charge < -0.3 is 29.3 Å². The van der Waals surface area contributed by atoms with Gasteiger partial charge >= 0.3 is 5.97 Å². The molecule has 0 aromatic heterocycles. The number of carbonyl (C=O) groups is 4. The van der Waals surface area contributed by atoms with Crippen molar-refractivity contribution in [2.24, 2.45) is 11.8 Å². The summed E-state index contributed by atoms with van der Waals surface area (Å²) >= 11 is 10.3. The molecular formula is C38H45BrClN3O7. The van der Waals surface area contributed by atoms with Crippen molar-refractivity contribution in [1.29, 1.82) is 0 Å². The molecule has 12 heteroatoms. The minimum atomic E-state index is -1.40. The lowest BCUT2D eigenvalue weighted by Gasteiger charge is -2.39. The first-order valence-corrected chi connectivity index (χ1v) is 18.3. The molecule has 5 rings (SSSR count). The number of hydrogen-bond donors (Lipinski definition) is 1. The van der Waals surface area contributed by atoms with Crippen molar-refractivity contribution in [2.45, 2.75) is 80.3 Å². The van der Waals surface area contributed by atoms with Crippen LogP contribution in [0.15, 0.2) is 79.9 Å². The molecule has 0 aliphatic carbocycles. The van der Waals surface area contributed by atoms with Gasteiger partial charge in [0.25, 0.3) is 5.91 Å². The summed E-state index contributed by atoms with van der Waals surface area (Å²) in [7, 11) is 1.67. The third-order valence-corrected chi connectivity index (χ3v) is 11.6. The summed E-state index contributed by atoms with van der Waals surface area (Å²) in [6.07, 6.45) is 3.02. The number of likely N-dealkylation sites (N-methyl/N-ethyl adjacent to an activating group) is 1. The first-order valence-electron chi connectivity index (χ1n) is 17.0. The van der Waals surface area contributed by atoms with E-state index in [-0.39, 0.29) is 30.1 Å². The number of amides is 3. The summed E-state index contributed by atoms with van der Waals surface area (Å²) < 4.78 is 13.0. The van der Waals surface area contributed by atoms with Crippen LogP contribution in [-0.4, -0.2) is 93.5 Å². The number of hydrogen-bond acceptors (Lipinski definition) is 7. The van der Waals surface area contributed by atoms with E-state index in [4.69, 9.17) is 21.1 Å². The normalized spacial score (nSPS) is 26.9. The van der Waals surface area contributed by atoms with Gasteiger partial charge in [0, 0.05) is 24.8 Å². The van der Waals surface area contributed by atoms with Crippen LogP contribution in [0.1, 0.15) is 51.2 Å². The second kappa shape index (κ2) is 15.8. The summed E-state index contributed by atoms with van der Waals surface area (Å²) in [6, 6.07) is 13.6. The van der Waals surface area contributed by atoms with Crippen LogP contribution in [-0.2, 0) is 28.7 Å². The molecule has 3 heterocycles. The van der Waals surface area contributed by atoms with Crippen LogP contribution in [0, 0.1) is 11.8 Å². The standard InChI is InChI=1S/C38H45BrClN3O7/c1-6-9-19-29(45)41(5)23(4)32(24-15-11-10-12-16-24)49-37(48)30-31-35(46)43(25(8-3)22-44)34(38(31)21-26(39)33(30)50-38)36(47)42(20-7-2)28-18-14-13-17-27(28)40/h6-7,10-18,23,25-26,30-34,44H,1-2,8-9,19-22H2,3-5H3/t23-,25-,26?,30-,31+,32+,33-,34-,38+/m0/s1. The highest BCUT2D eigenvalue weighted by Gasteiger charge is 2.77. The van der Waals surface area contributed by atoms with Crippen LogP contribution >= 0.6 is 27.5 Å². The number of aliphatic hydroxyl groups is 1. The predicted molar refractivity (Wildman–Crippen MR) is 195 cm³/mol. The van der Waals surface area contributed by atoms with Gasteiger partial charge in [-0.25, -0.2) is 0 Å². The maximum absolute atomic E-state index is 14.8. The van der Waals surface area contributed by atoms with E-state index in [1.165, 1.54) is 9.80 Å². The first-order chi connectivity index (χ1) is 24.0. The zero-order chi connectivity index (χ0) is 36.3. The summed E-state index contributed by atoms with van der Waals surface area (Å²) in [4.78, 5) is 61.2. The maximum atomic E-state index is 14.8. The zero-order valence-electron chi connectivity index (χ0n) is 28.6. The van der Waals surface area contributed by atoms with E-state index in [9.17, 15) is 24.3 Å². The number of allylic oxidation sites excluding steroid dienone is 1. The van der Waals surface area contributed by atoms with Gasteiger partial charge in [-0.15, -0.1) is 13.2 Å². The zero-order valence-corrected chi connectivity index (χ0v) is 31.0. The van der Waals surface area contributed by atoms with Gasteiger partial charge in [0.2, 0.25) is 11.8 Å². The molecular weight excluding hydrogens is 726 g/mol. The molecule has 2 bridgehead atoms. The number of ether oxygens (including phenoxy) is 2. The molecule has 3 saturated heterocycles. The van der Waals surface area contributed by atoms with Crippen LogP contribution in [0.2, 0.25) is 5.02 Å². The molecule has 10 nitrogen and oxygen atoms in total. The number of likely N-dealkylation sites (tertiary alicyclic amines) is 1. The van der Waals surface area contributed by atoms with Crippen molar-refractivity contribution >= 4 is 56.9 Å². The number of esters is 1. The predicted octanol–water partition coefficient (Wildman–Crippen LogP) is 5.48. The van der Waals surface area contributed by atoms with E-state index in [0.29, 0.717) is 29.1 Å². The molecule has 1 N–H and O–H groups in total. The first kappa shape index (κ1) is 37.7. The second-order valence-corrected chi connectivity index (χ2v) is 14.8. The van der Waals surface area contributed by atoms with Crippen molar-refractivity contribution in [1.82, 2.24) is 9.80 Å². The van der Waals surface area contributed by atoms with Crippen molar-refractivity contribution < 1.29 is 33.8 Å². The number of carbonyl (C=O) groups excluding carboxylic acids is 4. The number of anilines is 1. The number of alkyl halides is 1. The van der Waals surface area contributed by atoms with Crippen LogP contribution in [0.5, 0.6) is 0 Å². The Labute approximate surface area is 307 Å². The largest absolute Gasteiger partial charge is 0.455 e. The van der Waals surface area contributed by atoms with Gasteiger partial charge in [-0.1, -0.05) is 89.1 Å². The molecule has 3 aliphatic heterocycles. The van der Waals surface area contributed by atoms with Gasteiger partial charge in [-0.2, -0.15) is 0 Å². The molecule has 268 valence electrons. The minimum Gasteiger partial charge on any atom is -0.455 e. The lowest BCUT2D eigenvalue weighted by molar-refractivity contribution is -0.165. The number of fused-ring (bicyclic) bond motifs is 1. The topological polar surface area (TPSA) is 117 Å². The molecule has 1 unspecified atom stereocenters. The Morgan fingerprint density at radius 3 is 2.46 bits per heavy atom. The van der Waals surface area contributed by atoms with Crippen LogP contribution in [0.3, 0.4) is 0 Å². The van der Waals surface area contributed by atoms with E-state index in [1.54, 1.807) is 48.4 Å². The Hall–Kier alpha value is -3.51. The fourth-order valence-electron chi connectivity index (χ4n) is 7.80. The number of halogens is 2. The Morgan fingerprint density at radius 1 is 1.16 bits per heavy atom. The highest BCUT2D eigenvalue weighted by Crippen LogP contribution is 2.61. The number of aliphatic hydroxyl groups excluding tert-OH is 1. The Bertz CT molecular complexity index is 1610. The molecule has 9 atom stereocenters. The molecule has 50 heavy (non-hydrogen) atoms. The minimum absolute atomic E-state index is 0.0973. The molecule has 0 radical (unpaired) electrons. The molecule has 3 amide bonds. The maximum Gasteiger partial charge on any atom is 0.313 e. The lowest BCUT2D eigenvalue weighted by atomic mass is 9.70. The Kier molecular flexibility index (Phi) is 11.9. The third kappa shape index (κ3) is 6.65. The van der Waals surface area contributed by atoms with E-state index in [0.717, 1.165) is 0 Å². The monoisotopic (exact) mass is 769 g/mol. The number of nitrogens with zero attached hydrogens (tertiary/aromatic N) is 3. The van der Waals surface area contributed by atoms with Crippen molar-refractivity contribution in [3.63, 3.8) is 0 Å². The van der Waals surface area contributed by atoms with Gasteiger partial charge in [-0.3, -0.25) is 19.2 Å².